The quantitative estimate of drug-likeness (QED) is 0.642. The number of benzene rings is 1. The van der Waals surface area contributed by atoms with Crippen LogP contribution in [-0.4, -0.2) is 65.4 Å². The van der Waals surface area contributed by atoms with Crippen LogP contribution in [0.3, 0.4) is 0 Å². The SMILES string of the molecule is Cn1c2c(c(=O)n(C)c1=O)N(CC(N)=O)C(CN1CCN(c3cccc(Cl)c3)CC1)N2. The van der Waals surface area contributed by atoms with Crippen LogP contribution in [0.2, 0.25) is 5.02 Å². The summed E-state index contributed by atoms with van der Waals surface area (Å²) < 4.78 is 2.43. The molecule has 3 heterocycles. The van der Waals surface area contributed by atoms with Crippen molar-refractivity contribution in [3.63, 3.8) is 0 Å². The van der Waals surface area contributed by atoms with Crippen LogP contribution >= 0.6 is 11.6 Å². The van der Waals surface area contributed by atoms with E-state index in [4.69, 9.17) is 17.3 Å². The summed E-state index contributed by atoms with van der Waals surface area (Å²) in [6, 6.07) is 7.80. The normalized spacial score (nSPS) is 18.7. The van der Waals surface area contributed by atoms with Gasteiger partial charge in [-0.2, -0.15) is 0 Å². The van der Waals surface area contributed by atoms with E-state index in [2.05, 4.69) is 15.1 Å². The van der Waals surface area contributed by atoms with Crippen molar-refractivity contribution in [1.29, 1.82) is 0 Å². The fraction of sp³-hybridized carbons (Fsp3) is 0.450. The predicted octanol–water partition coefficient (Wildman–Crippen LogP) is -0.397. The number of hydrogen-bond acceptors (Lipinski definition) is 7. The monoisotopic (exact) mass is 447 g/mol. The first-order chi connectivity index (χ1) is 14.8. The zero-order chi connectivity index (χ0) is 22.3. The number of halogens is 1. The molecule has 4 rings (SSSR count). The Morgan fingerprint density at radius 3 is 2.52 bits per heavy atom. The Labute approximate surface area is 184 Å². The number of piperazine rings is 1. The van der Waals surface area contributed by atoms with E-state index in [1.54, 1.807) is 11.9 Å². The minimum Gasteiger partial charge on any atom is -0.369 e. The van der Waals surface area contributed by atoms with Gasteiger partial charge in [-0.3, -0.25) is 23.6 Å². The summed E-state index contributed by atoms with van der Waals surface area (Å²) >= 11 is 6.12. The van der Waals surface area contributed by atoms with Crippen molar-refractivity contribution in [1.82, 2.24) is 14.0 Å². The molecule has 1 aromatic carbocycles. The number of hydrogen-bond donors (Lipinski definition) is 2. The molecule has 2 aromatic rings. The predicted molar refractivity (Wildman–Crippen MR) is 121 cm³/mol. The molecule has 1 amide bonds. The van der Waals surface area contributed by atoms with Crippen LogP contribution in [0.25, 0.3) is 0 Å². The maximum absolute atomic E-state index is 12.8. The third-order valence-electron chi connectivity index (χ3n) is 5.91. The minimum atomic E-state index is -0.540. The molecule has 0 aliphatic carbocycles. The number of carbonyl (C=O) groups is 1. The van der Waals surface area contributed by atoms with Crippen LogP contribution in [0.15, 0.2) is 33.9 Å². The second-order valence-electron chi connectivity index (χ2n) is 7.92. The number of carbonyl (C=O) groups excluding carboxylic acids is 1. The fourth-order valence-corrected chi connectivity index (χ4v) is 4.43. The maximum Gasteiger partial charge on any atom is 0.332 e. The molecule has 0 saturated carbocycles. The summed E-state index contributed by atoms with van der Waals surface area (Å²) in [5.41, 5.74) is 5.98. The lowest BCUT2D eigenvalue weighted by molar-refractivity contribution is -0.116. The van der Waals surface area contributed by atoms with Crippen molar-refractivity contribution in [2.45, 2.75) is 6.17 Å². The number of nitrogens with one attached hydrogen (secondary N) is 1. The molecule has 0 radical (unpaired) electrons. The largest absolute Gasteiger partial charge is 0.369 e. The molecule has 1 fully saturated rings. The van der Waals surface area contributed by atoms with Gasteiger partial charge < -0.3 is 20.9 Å². The topological polar surface area (TPSA) is 109 Å². The summed E-state index contributed by atoms with van der Waals surface area (Å²) in [5, 5.41) is 3.97. The Bertz CT molecular complexity index is 1120. The molecular formula is C20H26ClN7O3. The van der Waals surface area contributed by atoms with Gasteiger partial charge in [0, 0.05) is 57.5 Å². The Balaban J connectivity index is 1.51. The van der Waals surface area contributed by atoms with Crippen LogP contribution in [0.4, 0.5) is 17.2 Å². The number of fused-ring (bicyclic) bond motifs is 1. The first kappa shape index (κ1) is 21.3. The first-order valence-electron chi connectivity index (χ1n) is 10.1. The highest BCUT2D eigenvalue weighted by Gasteiger charge is 2.36. The molecule has 0 spiro atoms. The Hall–Kier alpha value is -2.98. The zero-order valence-electron chi connectivity index (χ0n) is 17.5. The smallest absolute Gasteiger partial charge is 0.332 e. The first-order valence-corrected chi connectivity index (χ1v) is 10.5. The lowest BCUT2D eigenvalue weighted by atomic mass is 10.2. The van der Waals surface area contributed by atoms with Gasteiger partial charge in [0.15, 0.2) is 0 Å². The van der Waals surface area contributed by atoms with Gasteiger partial charge in [0.2, 0.25) is 5.91 Å². The number of rotatable bonds is 5. The third kappa shape index (κ3) is 4.00. The molecular weight excluding hydrogens is 422 g/mol. The number of anilines is 3. The highest BCUT2D eigenvalue weighted by atomic mass is 35.5. The fourth-order valence-electron chi connectivity index (χ4n) is 4.25. The third-order valence-corrected chi connectivity index (χ3v) is 6.15. The summed E-state index contributed by atoms with van der Waals surface area (Å²) in [4.78, 5) is 43.0. The molecule has 0 bridgehead atoms. The van der Waals surface area contributed by atoms with Crippen molar-refractivity contribution < 1.29 is 4.79 Å². The number of nitrogens with two attached hydrogens (primary N) is 1. The summed E-state index contributed by atoms with van der Waals surface area (Å²) in [5.74, 6) is -0.127. The van der Waals surface area contributed by atoms with Crippen molar-refractivity contribution in [2.24, 2.45) is 19.8 Å². The van der Waals surface area contributed by atoms with Crippen LogP contribution in [0.5, 0.6) is 0 Å². The van der Waals surface area contributed by atoms with Gasteiger partial charge in [-0.1, -0.05) is 17.7 Å². The van der Waals surface area contributed by atoms with Crippen LogP contribution in [-0.2, 0) is 18.9 Å². The van der Waals surface area contributed by atoms with Crippen molar-refractivity contribution in [2.75, 3.05) is 54.4 Å². The standard InChI is InChI=1S/C20H26ClN7O3/c1-24-18-17(19(30)25(2)20(24)31)28(11-15(22)29)16(23-18)12-26-6-8-27(9-7-26)14-5-3-4-13(21)10-14/h3-5,10,16,23H,6-9,11-12H2,1-2H3,(H2,22,29). The summed E-state index contributed by atoms with van der Waals surface area (Å²) in [6.45, 7) is 3.74. The average molecular weight is 448 g/mol. The number of primary amides is 1. The molecule has 1 saturated heterocycles. The average Bonchev–Trinajstić information content (AvgIpc) is 3.08. The molecule has 3 N–H and O–H groups in total. The highest BCUT2D eigenvalue weighted by molar-refractivity contribution is 6.30. The van der Waals surface area contributed by atoms with Gasteiger partial charge in [-0.25, -0.2) is 4.79 Å². The van der Waals surface area contributed by atoms with E-state index >= 15 is 0 Å². The van der Waals surface area contributed by atoms with Gasteiger partial charge in [0.05, 0.1) is 6.54 Å². The van der Waals surface area contributed by atoms with Gasteiger partial charge in [0.1, 0.15) is 17.7 Å². The summed E-state index contributed by atoms with van der Waals surface area (Å²) in [7, 11) is 3.03. The van der Waals surface area contributed by atoms with E-state index in [0.29, 0.717) is 23.1 Å². The Morgan fingerprint density at radius 1 is 1.16 bits per heavy atom. The van der Waals surface area contributed by atoms with Crippen molar-refractivity contribution in [3.8, 4) is 0 Å². The lowest BCUT2D eigenvalue weighted by Gasteiger charge is -2.38. The van der Waals surface area contributed by atoms with E-state index in [-0.39, 0.29) is 12.7 Å². The number of amides is 1. The second-order valence-corrected chi connectivity index (χ2v) is 8.36. The molecule has 11 heteroatoms. The second kappa shape index (κ2) is 8.27. The van der Waals surface area contributed by atoms with Crippen LogP contribution in [0, 0.1) is 0 Å². The molecule has 1 atom stereocenters. The van der Waals surface area contributed by atoms with Gasteiger partial charge >= 0.3 is 5.69 Å². The number of aromatic nitrogens is 2. The molecule has 1 unspecified atom stereocenters. The zero-order valence-corrected chi connectivity index (χ0v) is 18.3. The Morgan fingerprint density at radius 2 is 1.87 bits per heavy atom. The van der Waals surface area contributed by atoms with Crippen molar-refractivity contribution >= 4 is 34.7 Å². The van der Waals surface area contributed by atoms with Gasteiger partial charge in [0.25, 0.3) is 5.56 Å². The van der Waals surface area contributed by atoms with Crippen LogP contribution < -0.4 is 32.1 Å². The van der Waals surface area contributed by atoms with Gasteiger partial charge in [-0.15, -0.1) is 0 Å². The molecule has 10 nitrogen and oxygen atoms in total. The molecule has 2 aliphatic heterocycles. The summed E-state index contributed by atoms with van der Waals surface area (Å²) in [6.07, 6.45) is -0.346. The lowest BCUT2D eigenvalue weighted by Crippen LogP contribution is -2.54. The van der Waals surface area contributed by atoms with E-state index < -0.39 is 17.2 Å². The molecule has 31 heavy (non-hydrogen) atoms. The van der Waals surface area contributed by atoms with E-state index in [9.17, 15) is 14.4 Å². The van der Waals surface area contributed by atoms with E-state index in [1.807, 2.05) is 24.3 Å². The minimum absolute atomic E-state index is 0.111. The molecule has 2 aliphatic rings. The van der Waals surface area contributed by atoms with Gasteiger partial charge in [-0.05, 0) is 18.2 Å². The number of nitrogens with zero attached hydrogens (tertiary/aromatic N) is 5. The van der Waals surface area contributed by atoms with Crippen LogP contribution in [0.1, 0.15) is 0 Å². The van der Waals surface area contributed by atoms with E-state index in [0.717, 1.165) is 36.4 Å². The molecule has 166 valence electrons. The molecule has 1 aromatic heterocycles. The highest BCUT2D eigenvalue weighted by Crippen LogP contribution is 2.30. The maximum atomic E-state index is 12.8. The van der Waals surface area contributed by atoms with E-state index in [1.165, 1.54) is 11.6 Å². The Kier molecular flexibility index (Phi) is 5.67. The van der Waals surface area contributed by atoms with Crippen molar-refractivity contribution in [3.05, 3.63) is 50.1 Å².